The van der Waals surface area contributed by atoms with E-state index >= 15 is 0 Å². The summed E-state index contributed by atoms with van der Waals surface area (Å²) in [5.74, 6) is 0.690. The number of aromatic nitrogens is 3. The van der Waals surface area contributed by atoms with Gasteiger partial charge in [0, 0.05) is 30.9 Å². The summed E-state index contributed by atoms with van der Waals surface area (Å²) in [5, 5.41) is 3.19. The topological polar surface area (TPSA) is 70.7 Å². The van der Waals surface area contributed by atoms with Gasteiger partial charge in [-0.3, -0.25) is 4.79 Å². The lowest BCUT2D eigenvalue weighted by Gasteiger charge is -2.05. The molecule has 7 heteroatoms. The summed E-state index contributed by atoms with van der Waals surface area (Å²) in [6.45, 7) is 0.553. The normalized spacial score (nSPS) is 10.4. The first-order valence-corrected chi connectivity index (χ1v) is 6.50. The summed E-state index contributed by atoms with van der Waals surface area (Å²) in [6.07, 6.45) is 5.06. The number of nitrogens with zero attached hydrogens (tertiary/aromatic N) is 2. The zero-order valence-electron chi connectivity index (χ0n) is 9.99. The first kappa shape index (κ1) is 13.8. The molecule has 2 rings (SSSR count). The summed E-state index contributed by atoms with van der Waals surface area (Å²) < 4.78 is 0. The van der Waals surface area contributed by atoms with E-state index in [0.717, 1.165) is 18.7 Å². The summed E-state index contributed by atoms with van der Waals surface area (Å²) in [7, 11) is 0. The summed E-state index contributed by atoms with van der Waals surface area (Å²) in [5.41, 5.74) is 0.406. The average molecular weight is 299 g/mol. The van der Waals surface area contributed by atoms with E-state index in [1.54, 1.807) is 12.4 Å². The van der Waals surface area contributed by atoms with Crippen LogP contribution in [-0.2, 0) is 6.42 Å². The highest BCUT2D eigenvalue weighted by molar-refractivity contribution is 6.33. The molecule has 2 aromatic heterocycles. The van der Waals surface area contributed by atoms with E-state index in [1.165, 1.54) is 12.1 Å². The van der Waals surface area contributed by atoms with Gasteiger partial charge in [0.05, 0.1) is 0 Å². The fourth-order valence-corrected chi connectivity index (χ4v) is 2.05. The minimum absolute atomic E-state index is 0.202. The van der Waals surface area contributed by atoms with Crippen LogP contribution in [0.15, 0.2) is 24.5 Å². The van der Waals surface area contributed by atoms with Gasteiger partial charge in [0.2, 0.25) is 0 Å². The molecule has 0 atom stereocenters. The maximum Gasteiger partial charge on any atom is 0.251 e. The highest BCUT2D eigenvalue weighted by atomic mass is 35.5. The van der Waals surface area contributed by atoms with Gasteiger partial charge in [0.15, 0.2) is 0 Å². The van der Waals surface area contributed by atoms with Crippen LogP contribution in [0.2, 0.25) is 10.3 Å². The predicted octanol–water partition coefficient (Wildman–Crippen LogP) is 2.47. The molecule has 1 amide bonds. The van der Waals surface area contributed by atoms with Crippen molar-refractivity contribution < 1.29 is 4.79 Å². The van der Waals surface area contributed by atoms with Gasteiger partial charge in [-0.25, -0.2) is 9.97 Å². The molecule has 0 aliphatic heterocycles. The van der Waals surface area contributed by atoms with Crippen LogP contribution in [0.1, 0.15) is 22.6 Å². The zero-order valence-corrected chi connectivity index (χ0v) is 11.5. The van der Waals surface area contributed by atoms with Crippen molar-refractivity contribution in [3.05, 3.63) is 46.2 Å². The Morgan fingerprint density at radius 2 is 2.05 bits per heavy atom. The van der Waals surface area contributed by atoms with Gasteiger partial charge in [0.1, 0.15) is 16.1 Å². The van der Waals surface area contributed by atoms with Crippen molar-refractivity contribution in [2.75, 3.05) is 6.54 Å². The van der Waals surface area contributed by atoms with Crippen molar-refractivity contribution in [2.24, 2.45) is 0 Å². The van der Waals surface area contributed by atoms with Gasteiger partial charge < -0.3 is 10.3 Å². The molecule has 2 N–H and O–H groups in total. The molecule has 0 saturated heterocycles. The lowest BCUT2D eigenvalue weighted by atomic mass is 10.2. The summed E-state index contributed by atoms with van der Waals surface area (Å²) in [6, 6.07) is 2.96. The molecule has 0 bridgehead atoms. The Labute approximate surface area is 120 Å². The second-order valence-corrected chi connectivity index (χ2v) is 4.67. The van der Waals surface area contributed by atoms with E-state index in [4.69, 9.17) is 23.2 Å². The maximum absolute atomic E-state index is 11.8. The molecular formula is C12H12Cl2N4O. The third-order valence-electron chi connectivity index (χ3n) is 2.46. The third kappa shape index (κ3) is 4.22. The molecule has 0 spiro atoms. The molecule has 100 valence electrons. The first-order valence-electron chi connectivity index (χ1n) is 5.74. The molecular weight excluding hydrogens is 287 g/mol. The largest absolute Gasteiger partial charge is 0.352 e. The van der Waals surface area contributed by atoms with Crippen LogP contribution in [0, 0.1) is 0 Å². The van der Waals surface area contributed by atoms with E-state index in [9.17, 15) is 4.79 Å². The molecule has 0 unspecified atom stereocenters. The van der Waals surface area contributed by atoms with E-state index < -0.39 is 0 Å². The highest BCUT2D eigenvalue weighted by Gasteiger charge is 2.08. The third-order valence-corrected chi connectivity index (χ3v) is 2.84. The van der Waals surface area contributed by atoms with E-state index in [0.29, 0.717) is 12.1 Å². The second-order valence-electron chi connectivity index (χ2n) is 3.90. The minimum Gasteiger partial charge on any atom is -0.352 e. The van der Waals surface area contributed by atoms with Crippen LogP contribution in [0.3, 0.4) is 0 Å². The fourth-order valence-electron chi connectivity index (χ4n) is 1.59. The Morgan fingerprint density at radius 3 is 2.68 bits per heavy atom. The van der Waals surface area contributed by atoms with Crippen LogP contribution in [0.5, 0.6) is 0 Å². The number of imidazole rings is 1. The molecule has 0 aliphatic rings. The number of aromatic amines is 1. The Hall–Kier alpha value is -1.59. The Morgan fingerprint density at radius 1 is 1.32 bits per heavy atom. The van der Waals surface area contributed by atoms with Crippen molar-refractivity contribution in [1.82, 2.24) is 20.3 Å². The van der Waals surface area contributed by atoms with Crippen molar-refractivity contribution in [3.63, 3.8) is 0 Å². The van der Waals surface area contributed by atoms with E-state index in [1.807, 2.05) is 0 Å². The van der Waals surface area contributed by atoms with Gasteiger partial charge >= 0.3 is 0 Å². The highest BCUT2D eigenvalue weighted by Crippen LogP contribution is 2.14. The van der Waals surface area contributed by atoms with Gasteiger partial charge in [0.25, 0.3) is 5.91 Å². The molecule has 2 heterocycles. The van der Waals surface area contributed by atoms with Crippen molar-refractivity contribution in [2.45, 2.75) is 12.8 Å². The quantitative estimate of drug-likeness (QED) is 0.658. The van der Waals surface area contributed by atoms with Gasteiger partial charge in [-0.05, 0) is 18.6 Å². The Bertz CT molecular complexity index is 537. The smallest absolute Gasteiger partial charge is 0.251 e. The SMILES string of the molecule is O=C(NCCCc1ncc[nH]1)c1cc(Cl)nc(Cl)c1. The number of carbonyl (C=O) groups is 1. The van der Waals surface area contributed by atoms with Crippen LogP contribution < -0.4 is 5.32 Å². The van der Waals surface area contributed by atoms with Crippen molar-refractivity contribution >= 4 is 29.1 Å². The predicted molar refractivity (Wildman–Crippen MR) is 73.5 cm³/mol. The van der Waals surface area contributed by atoms with Crippen LogP contribution >= 0.6 is 23.2 Å². The number of carbonyl (C=O) groups excluding carboxylic acids is 1. The molecule has 19 heavy (non-hydrogen) atoms. The lowest BCUT2D eigenvalue weighted by molar-refractivity contribution is 0.0953. The minimum atomic E-state index is -0.217. The summed E-state index contributed by atoms with van der Waals surface area (Å²) >= 11 is 11.5. The number of halogens is 2. The number of nitrogens with one attached hydrogen (secondary N) is 2. The number of aryl methyl sites for hydroxylation is 1. The van der Waals surface area contributed by atoms with Crippen LogP contribution in [-0.4, -0.2) is 27.4 Å². The molecule has 0 aromatic carbocycles. The van der Waals surface area contributed by atoms with E-state index in [-0.39, 0.29) is 16.2 Å². The second kappa shape index (κ2) is 6.54. The molecule has 5 nitrogen and oxygen atoms in total. The average Bonchev–Trinajstić information content (AvgIpc) is 2.86. The Kier molecular flexibility index (Phi) is 4.76. The van der Waals surface area contributed by atoms with Crippen LogP contribution in [0.4, 0.5) is 0 Å². The number of hydrogen-bond acceptors (Lipinski definition) is 3. The molecule has 0 fully saturated rings. The number of pyridine rings is 1. The summed E-state index contributed by atoms with van der Waals surface area (Å²) in [4.78, 5) is 22.7. The number of amides is 1. The standard InChI is InChI=1S/C12H12Cl2N4O/c13-9-6-8(7-10(14)18-9)12(19)17-3-1-2-11-15-4-5-16-11/h4-7H,1-3H2,(H,15,16)(H,17,19). The monoisotopic (exact) mass is 298 g/mol. The Balaban J connectivity index is 1.80. The number of H-pyrrole nitrogens is 1. The number of rotatable bonds is 5. The molecule has 0 aliphatic carbocycles. The van der Waals surface area contributed by atoms with Crippen molar-refractivity contribution in [3.8, 4) is 0 Å². The zero-order chi connectivity index (χ0) is 13.7. The van der Waals surface area contributed by atoms with Crippen LogP contribution in [0.25, 0.3) is 0 Å². The first-order chi connectivity index (χ1) is 9.15. The maximum atomic E-state index is 11.8. The van der Waals surface area contributed by atoms with Crippen molar-refractivity contribution in [1.29, 1.82) is 0 Å². The van der Waals surface area contributed by atoms with Gasteiger partial charge in [-0.15, -0.1) is 0 Å². The fraction of sp³-hybridized carbons (Fsp3) is 0.250. The number of hydrogen-bond donors (Lipinski definition) is 2. The lowest BCUT2D eigenvalue weighted by Crippen LogP contribution is -2.25. The molecule has 0 radical (unpaired) electrons. The van der Waals surface area contributed by atoms with E-state index in [2.05, 4.69) is 20.3 Å². The molecule has 0 saturated carbocycles. The van der Waals surface area contributed by atoms with Gasteiger partial charge in [-0.2, -0.15) is 0 Å². The van der Waals surface area contributed by atoms with Gasteiger partial charge in [-0.1, -0.05) is 23.2 Å². The molecule has 2 aromatic rings.